The van der Waals surface area contributed by atoms with E-state index in [9.17, 15) is 0 Å². The Kier molecular flexibility index (Phi) is 3.71. The Morgan fingerprint density at radius 3 is 2.17 bits per heavy atom. The molecule has 6 aromatic rings. The molecule has 3 heterocycles. The van der Waals surface area contributed by atoms with Gasteiger partial charge in [-0.2, -0.15) is 0 Å². The second-order valence-electron chi connectivity index (χ2n) is 7.08. The van der Waals surface area contributed by atoms with Crippen molar-refractivity contribution in [3.8, 4) is 22.9 Å². The van der Waals surface area contributed by atoms with Crippen molar-refractivity contribution in [2.24, 2.45) is 0 Å². The second kappa shape index (κ2) is 6.67. The lowest BCUT2D eigenvalue weighted by Gasteiger charge is -2.10. The van der Waals surface area contributed by atoms with Crippen LogP contribution in [0.15, 0.2) is 91.1 Å². The van der Waals surface area contributed by atoms with Gasteiger partial charge in [0.1, 0.15) is 11.4 Å². The molecule has 0 aliphatic rings. The molecule has 0 saturated heterocycles. The van der Waals surface area contributed by atoms with Gasteiger partial charge in [0.05, 0.1) is 16.7 Å². The van der Waals surface area contributed by atoms with Gasteiger partial charge in [-0.15, -0.1) is 10.2 Å². The minimum absolute atomic E-state index is 0.539. The molecule has 0 aliphatic heterocycles. The first-order valence-electron chi connectivity index (χ1n) is 9.70. The first kappa shape index (κ1) is 16.7. The van der Waals surface area contributed by atoms with Crippen LogP contribution in [-0.4, -0.2) is 25.1 Å². The van der Waals surface area contributed by atoms with E-state index < -0.39 is 0 Å². The average Bonchev–Trinajstić information content (AvgIpc) is 2.82. The van der Waals surface area contributed by atoms with Crippen molar-refractivity contribution < 1.29 is 0 Å². The van der Waals surface area contributed by atoms with E-state index in [1.54, 1.807) is 0 Å². The van der Waals surface area contributed by atoms with E-state index in [2.05, 4.69) is 27.3 Å². The predicted molar refractivity (Wildman–Crippen MR) is 119 cm³/mol. The van der Waals surface area contributed by atoms with Gasteiger partial charge in [-0.05, 0) is 29.7 Å². The molecule has 0 atom stereocenters. The van der Waals surface area contributed by atoms with Crippen molar-refractivity contribution in [2.45, 2.75) is 0 Å². The Labute approximate surface area is 172 Å². The topological polar surface area (TPSA) is 64.5 Å². The average molecular weight is 385 g/mol. The molecule has 3 aromatic carbocycles. The van der Waals surface area contributed by atoms with Gasteiger partial charge in [-0.1, -0.05) is 60.7 Å². The fourth-order valence-corrected chi connectivity index (χ4v) is 3.77. The monoisotopic (exact) mass is 385 g/mol. The normalized spacial score (nSPS) is 11.3. The maximum Gasteiger partial charge on any atom is 0.181 e. The van der Waals surface area contributed by atoms with Gasteiger partial charge in [-0.25, -0.2) is 9.97 Å². The maximum atomic E-state index is 4.92. The van der Waals surface area contributed by atoms with E-state index in [4.69, 9.17) is 9.97 Å². The summed E-state index contributed by atoms with van der Waals surface area (Å²) in [6.07, 6.45) is 1.82. The molecule has 0 radical (unpaired) electrons. The first-order chi connectivity index (χ1) is 14.9. The summed E-state index contributed by atoms with van der Waals surface area (Å²) in [5.74, 6) is 0.539. The smallest absolute Gasteiger partial charge is 0.181 e. The minimum atomic E-state index is 0.539. The predicted octanol–water partition coefficient (Wildman–Crippen LogP) is 5.46. The van der Waals surface area contributed by atoms with Crippen LogP contribution in [0, 0.1) is 0 Å². The number of aromatic nitrogens is 5. The lowest BCUT2D eigenvalue weighted by molar-refractivity contribution is 1.05. The summed E-state index contributed by atoms with van der Waals surface area (Å²) in [6, 6.07) is 28.1. The molecular formula is C25H15N5. The quantitative estimate of drug-likeness (QED) is 0.396. The first-order valence-corrected chi connectivity index (χ1v) is 9.70. The molecule has 0 saturated carbocycles. The van der Waals surface area contributed by atoms with Gasteiger partial charge in [0.2, 0.25) is 0 Å². The van der Waals surface area contributed by atoms with Crippen LogP contribution in [0.5, 0.6) is 0 Å². The zero-order valence-electron chi connectivity index (χ0n) is 15.9. The number of hydrogen-bond acceptors (Lipinski definition) is 5. The van der Waals surface area contributed by atoms with Crippen molar-refractivity contribution in [2.75, 3.05) is 0 Å². The molecule has 0 amide bonds. The van der Waals surface area contributed by atoms with Crippen molar-refractivity contribution in [1.82, 2.24) is 25.1 Å². The second-order valence-corrected chi connectivity index (χ2v) is 7.08. The van der Waals surface area contributed by atoms with Crippen molar-refractivity contribution in [3.63, 3.8) is 0 Å². The lowest BCUT2D eigenvalue weighted by atomic mass is 10.0. The van der Waals surface area contributed by atoms with E-state index in [0.717, 1.165) is 44.0 Å². The number of rotatable bonds is 2. The van der Waals surface area contributed by atoms with Gasteiger partial charge < -0.3 is 0 Å². The van der Waals surface area contributed by atoms with Crippen LogP contribution in [0.25, 0.3) is 55.5 Å². The molecule has 3 aromatic heterocycles. The number of pyridine rings is 1. The van der Waals surface area contributed by atoms with E-state index in [0.29, 0.717) is 11.5 Å². The molecule has 0 fully saturated rings. The van der Waals surface area contributed by atoms with Crippen LogP contribution in [-0.2, 0) is 0 Å². The highest BCUT2D eigenvalue weighted by molar-refractivity contribution is 6.01. The highest BCUT2D eigenvalue weighted by atomic mass is 15.1. The SMILES string of the molecule is c1ccc2nnc(-c3nc(-c4nccc5ccccc45)c4ccccc4n3)cc2c1. The van der Waals surface area contributed by atoms with Gasteiger partial charge >= 0.3 is 0 Å². The molecule has 5 nitrogen and oxygen atoms in total. The van der Waals surface area contributed by atoms with Crippen LogP contribution in [0.1, 0.15) is 0 Å². The van der Waals surface area contributed by atoms with E-state index >= 15 is 0 Å². The van der Waals surface area contributed by atoms with Crippen LogP contribution in [0.4, 0.5) is 0 Å². The van der Waals surface area contributed by atoms with E-state index in [1.807, 2.05) is 79.0 Å². The fourth-order valence-electron chi connectivity index (χ4n) is 3.77. The molecular weight excluding hydrogens is 370 g/mol. The standard InChI is InChI=1S/C25H15N5/c1-3-9-18-16(7-1)13-14-26-23(18)24-19-10-4-6-12-21(19)27-25(28-24)22-15-17-8-2-5-11-20(17)29-30-22/h1-15H. The molecule has 0 spiro atoms. The van der Waals surface area contributed by atoms with Crippen molar-refractivity contribution >= 4 is 32.6 Å². The number of hydrogen-bond donors (Lipinski definition) is 0. The Morgan fingerprint density at radius 2 is 1.27 bits per heavy atom. The minimum Gasteiger partial charge on any atom is -0.254 e. The highest BCUT2D eigenvalue weighted by Gasteiger charge is 2.15. The van der Waals surface area contributed by atoms with E-state index in [-0.39, 0.29) is 0 Å². The molecule has 0 N–H and O–H groups in total. The molecule has 140 valence electrons. The van der Waals surface area contributed by atoms with Crippen molar-refractivity contribution in [1.29, 1.82) is 0 Å². The van der Waals surface area contributed by atoms with Crippen LogP contribution < -0.4 is 0 Å². The van der Waals surface area contributed by atoms with Gasteiger partial charge in [0.25, 0.3) is 0 Å². The summed E-state index contributed by atoms with van der Waals surface area (Å²) in [4.78, 5) is 14.4. The molecule has 6 rings (SSSR count). The van der Waals surface area contributed by atoms with E-state index in [1.165, 1.54) is 0 Å². The third kappa shape index (κ3) is 2.68. The third-order valence-corrected chi connectivity index (χ3v) is 5.22. The largest absolute Gasteiger partial charge is 0.254 e. The molecule has 30 heavy (non-hydrogen) atoms. The number of benzene rings is 3. The Hall–Kier alpha value is -4.25. The molecule has 5 heteroatoms. The fraction of sp³-hybridized carbons (Fsp3) is 0. The third-order valence-electron chi connectivity index (χ3n) is 5.22. The molecule has 0 bridgehead atoms. The summed E-state index contributed by atoms with van der Waals surface area (Å²) < 4.78 is 0. The summed E-state index contributed by atoms with van der Waals surface area (Å²) in [7, 11) is 0. The highest BCUT2D eigenvalue weighted by Crippen LogP contribution is 2.32. The summed E-state index contributed by atoms with van der Waals surface area (Å²) in [5.41, 5.74) is 3.96. The number of nitrogens with zero attached hydrogens (tertiary/aromatic N) is 5. The Morgan fingerprint density at radius 1 is 0.533 bits per heavy atom. The Bertz CT molecular complexity index is 1550. The van der Waals surface area contributed by atoms with Gasteiger partial charge in [-0.3, -0.25) is 4.98 Å². The Balaban J connectivity index is 1.66. The number of para-hydroxylation sites is 1. The van der Waals surface area contributed by atoms with Crippen LogP contribution in [0.2, 0.25) is 0 Å². The lowest BCUT2D eigenvalue weighted by Crippen LogP contribution is -1.99. The zero-order chi connectivity index (χ0) is 19.9. The summed E-state index contributed by atoms with van der Waals surface area (Å²) >= 11 is 0. The zero-order valence-corrected chi connectivity index (χ0v) is 15.9. The number of fused-ring (bicyclic) bond motifs is 3. The molecule has 0 aliphatic carbocycles. The molecule has 0 unspecified atom stereocenters. The van der Waals surface area contributed by atoms with Gasteiger partial charge in [0, 0.05) is 22.4 Å². The van der Waals surface area contributed by atoms with Crippen LogP contribution in [0.3, 0.4) is 0 Å². The van der Waals surface area contributed by atoms with Gasteiger partial charge in [0.15, 0.2) is 5.82 Å². The summed E-state index contributed by atoms with van der Waals surface area (Å²) in [5, 5.41) is 12.9. The summed E-state index contributed by atoms with van der Waals surface area (Å²) in [6.45, 7) is 0. The van der Waals surface area contributed by atoms with Crippen LogP contribution >= 0.6 is 0 Å². The van der Waals surface area contributed by atoms with Crippen molar-refractivity contribution in [3.05, 3.63) is 91.1 Å². The maximum absolute atomic E-state index is 4.92.